The molecule has 0 saturated carbocycles. The van der Waals surface area contributed by atoms with E-state index in [1.807, 2.05) is 11.0 Å². The van der Waals surface area contributed by atoms with Crippen molar-refractivity contribution in [1.29, 1.82) is 0 Å². The lowest BCUT2D eigenvalue weighted by molar-refractivity contribution is -0.138. The van der Waals surface area contributed by atoms with Crippen molar-refractivity contribution >= 4 is 11.9 Å². The van der Waals surface area contributed by atoms with Gasteiger partial charge in [0.25, 0.3) is 5.91 Å². The zero-order chi connectivity index (χ0) is 20.0. The highest BCUT2D eigenvalue weighted by Crippen LogP contribution is 2.45. The lowest BCUT2D eigenvalue weighted by Gasteiger charge is -2.29. The molecule has 2 aliphatic rings. The Hall–Kier alpha value is -2.74. The van der Waals surface area contributed by atoms with Gasteiger partial charge in [-0.05, 0) is 30.5 Å². The van der Waals surface area contributed by atoms with Crippen molar-refractivity contribution in [3.8, 4) is 0 Å². The van der Waals surface area contributed by atoms with E-state index in [1.54, 1.807) is 24.8 Å². The Kier molecular flexibility index (Phi) is 4.66. The monoisotopic (exact) mass is 387 g/mol. The van der Waals surface area contributed by atoms with Crippen LogP contribution in [0, 0.1) is 31.5 Å². The number of hydrogen-bond donors (Lipinski definition) is 1. The Morgan fingerprint density at radius 1 is 1.29 bits per heavy atom. The third-order valence-electron chi connectivity index (χ3n) is 5.65. The summed E-state index contributed by atoms with van der Waals surface area (Å²) in [6.07, 6.45) is 0. The number of rotatable bonds is 4. The van der Waals surface area contributed by atoms with E-state index < -0.39 is 5.97 Å². The number of carbonyl (C=O) groups is 2. The number of benzene rings is 1. The molecule has 28 heavy (non-hydrogen) atoms. The summed E-state index contributed by atoms with van der Waals surface area (Å²) < 4.78 is 19.4. The minimum absolute atomic E-state index is 0.0305. The topological polar surface area (TPSA) is 86.9 Å². The summed E-state index contributed by atoms with van der Waals surface area (Å²) in [5.41, 5.74) is 1.25. The third-order valence-corrected chi connectivity index (χ3v) is 5.65. The van der Waals surface area contributed by atoms with Crippen LogP contribution in [0.25, 0.3) is 0 Å². The van der Waals surface area contributed by atoms with E-state index in [0.29, 0.717) is 36.8 Å². The smallest absolute Gasteiger partial charge is 0.317 e. The average molecular weight is 387 g/mol. The van der Waals surface area contributed by atoms with Crippen LogP contribution in [0.5, 0.6) is 0 Å². The molecule has 1 aromatic carbocycles. The molecule has 0 bridgehead atoms. The molecule has 1 amide bonds. The SMILES string of the molecule is Cc1nc(C)c(C(=O)N2C[C@@H]3CN(CC(=O)O)C[C@@H]3[C@H]2c2cccc(F)c2)o1. The number of aliphatic carboxylic acids is 1. The number of aromatic nitrogens is 1. The van der Waals surface area contributed by atoms with E-state index in [2.05, 4.69) is 4.98 Å². The zero-order valence-corrected chi connectivity index (χ0v) is 15.8. The second-order valence-corrected chi connectivity index (χ2v) is 7.62. The van der Waals surface area contributed by atoms with Crippen molar-refractivity contribution in [3.63, 3.8) is 0 Å². The van der Waals surface area contributed by atoms with Crippen LogP contribution >= 0.6 is 0 Å². The predicted octanol–water partition coefficient (Wildman–Crippen LogP) is 2.26. The normalized spacial score (nSPS) is 24.5. The molecule has 0 radical (unpaired) electrons. The van der Waals surface area contributed by atoms with Crippen LogP contribution < -0.4 is 0 Å². The summed E-state index contributed by atoms with van der Waals surface area (Å²) in [5.74, 6) is -0.693. The molecule has 148 valence electrons. The Morgan fingerprint density at radius 2 is 2.07 bits per heavy atom. The number of oxazole rings is 1. The van der Waals surface area contributed by atoms with Gasteiger partial charge in [0.15, 0.2) is 5.89 Å². The molecule has 4 rings (SSSR count). The van der Waals surface area contributed by atoms with Gasteiger partial charge < -0.3 is 14.4 Å². The molecule has 0 unspecified atom stereocenters. The van der Waals surface area contributed by atoms with Crippen LogP contribution in [0.3, 0.4) is 0 Å². The number of carbonyl (C=O) groups excluding carboxylic acids is 1. The predicted molar refractivity (Wildman–Crippen MR) is 97.2 cm³/mol. The van der Waals surface area contributed by atoms with E-state index in [9.17, 15) is 14.0 Å². The fourth-order valence-corrected chi connectivity index (χ4v) is 4.64. The molecule has 2 aliphatic heterocycles. The largest absolute Gasteiger partial charge is 0.480 e. The first kappa shape index (κ1) is 18.6. The summed E-state index contributed by atoms with van der Waals surface area (Å²) >= 11 is 0. The number of likely N-dealkylation sites (tertiary alicyclic amines) is 2. The molecule has 3 heterocycles. The van der Waals surface area contributed by atoms with Gasteiger partial charge in [-0.1, -0.05) is 12.1 Å². The number of carboxylic acid groups (broad SMARTS) is 1. The number of hydrogen-bond acceptors (Lipinski definition) is 5. The Bertz CT molecular complexity index is 928. The van der Waals surface area contributed by atoms with Crippen LogP contribution in [-0.4, -0.2) is 57.9 Å². The fourth-order valence-electron chi connectivity index (χ4n) is 4.64. The molecule has 1 N–H and O–H groups in total. The van der Waals surface area contributed by atoms with Gasteiger partial charge in [0.1, 0.15) is 5.82 Å². The van der Waals surface area contributed by atoms with Gasteiger partial charge in [-0.3, -0.25) is 14.5 Å². The number of aryl methyl sites for hydroxylation is 2. The van der Waals surface area contributed by atoms with E-state index >= 15 is 0 Å². The molecular weight excluding hydrogens is 365 g/mol. The van der Waals surface area contributed by atoms with Crippen LogP contribution in [-0.2, 0) is 4.79 Å². The highest BCUT2D eigenvalue weighted by atomic mass is 19.1. The standard InChI is InChI=1S/C20H22FN3O4/c1-11-19(28-12(2)22-11)20(27)24-8-14-7-23(10-17(25)26)9-16(14)18(24)13-4-3-5-15(21)6-13/h3-6,14,16,18H,7-10H2,1-2H3,(H,25,26)/t14-,16-,18+/m0/s1. The van der Waals surface area contributed by atoms with Gasteiger partial charge in [0.2, 0.25) is 5.76 Å². The van der Waals surface area contributed by atoms with E-state index in [0.717, 1.165) is 0 Å². The van der Waals surface area contributed by atoms with Crippen LogP contribution in [0.2, 0.25) is 0 Å². The molecule has 8 heteroatoms. The lowest BCUT2D eigenvalue weighted by atomic mass is 9.89. The molecule has 2 saturated heterocycles. The van der Waals surface area contributed by atoms with E-state index in [1.165, 1.54) is 12.1 Å². The van der Waals surface area contributed by atoms with Crippen molar-refractivity contribution in [3.05, 3.63) is 53.0 Å². The Labute approximate surface area is 161 Å². The molecule has 2 fully saturated rings. The third kappa shape index (κ3) is 3.28. The molecule has 0 spiro atoms. The quantitative estimate of drug-likeness (QED) is 0.866. The fraction of sp³-hybridized carbons (Fsp3) is 0.450. The van der Waals surface area contributed by atoms with Gasteiger partial charge in [-0.2, -0.15) is 0 Å². The van der Waals surface area contributed by atoms with Gasteiger partial charge >= 0.3 is 5.97 Å². The van der Waals surface area contributed by atoms with Gasteiger partial charge in [0, 0.05) is 32.5 Å². The zero-order valence-electron chi connectivity index (χ0n) is 15.8. The first-order chi connectivity index (χ1) is 13.3. The van der Waals surface area contributed by atoms with Crippen molar-refractivity contribution in [1.82, 2.24) is 14.8 Å². The van der Waals surface area contributed by atoms with Gasteiger partial charge in [-0.15, -0.1) is 0 Å². The van der Waals surface area contributed by atoms with Gasteiger partial charge in [-0.25, -0.2) is 9.37 Å². The Balaban J connectivity index is 1.68. The molecule has 3 atom stereocenters. The van der Waals surface area contributed by atoms with Gasteiger partial charge in [0.05, 0.1) is 18.3 Å². The van der Waals surface area contributed by atoms with Crippen molar-refractivity contribution in [2.24, 2.45) is 11.8 Å². The minimum atomic E-state index is -0.872. The van der Waals surface area contributed by atoms with Crippen LogP contribution in [0.1, 0.15) is 33.7 Å². The molecule has 7 nitrogen and oxygen atoms in total. The lowest BCUT2D eigenvalue weighted by Crippen LogP contribution is -2.37. The number of nitrogens with zero attached hydrogens (tertiary/aromatic N) is 3. The summed E-state index contributed by atoms with van der Waals surface area (Å²) in [7, 11) is 0. The maximum absolute atomic E-state index is 13.9. The van der Waals surface area contributed by atoms with Crippen molar-refractivity contribution in [2.45, 2.75) is 19.9 Å². The maximum Gasteiger partial charge on any atom is 0.317 e. The first-order valence-electron chi connectivity index (χ1n) is 9.28. The second-order valence-electron chi connectivity index (χ2n) is 7.62. The van der Waals surface area contributed by atoms with E-state index in [-0.39, 0.29) is 41.9 Å². The van der Waals surface area contributed by atoms with Crippen molar-refractivity contribution in [2.75, 3.05) is 26.2 Å². The van der Waals surface area contributed by atoms with Crippen molar-refractivity contribution < 1.29 is 23.5 Å². The number of fused-ring (bicyclic) bond motifs is 1. The molecular formula is C20H22FN3O4. The Morgan fingerprint density at radius 3 is 2.71 bits per heavy atom. The average Bonchev–Trinajstić information content (AvgIpc) is 3.25. The molecule has 1 aromatic heterocycles. The number of halogens is 1. The van der Waals surface area contributed by atoms with Crippen LogP contribution in [0.15, 0.2) is 28.7 Å². The van der Waals surface area contributed by atoms with E-state index in [4.69, 9.17) is 9.52 Å². The first-order valence-corrected chi connectivity index (χ1v) is 9.28. The minimum Gasteiger partial charge on any atom is -0.480 e. The summed E-state index contributed by atoms with van der Waals surface area (Å²) in [6.45, 7) is 5.01. The highest BCUT2D eigenvalue weighted by molar-refractivity contribution is 5.93. The van der Waals surface area contributed by atoms with Crippen LogP contribution in [0.4, 0.5) is 4.39 Å². The summed E-state index contributed by atoms with van der Waals surface area (Å²) in [6, 6.07) is 5.93. The molecule has 2 aromatic rings. The maximum atomic E-state index is 13.9. The highest BCUT2D eigenvalue weighted by Gasteiger charge is 2.50. The number of amides is 1. The second kappa shape index (κ2) is 7.01. The summed E-state index contributed by atoms with van der Waals surface area (Å²) in [5, 5.41) is 9.10. The molecule has 0 aliphatic carbocycles. The summed E-state index contributed by atoms with van der Waals surface area (Å²) in [4.78, 5) is 32.1. The number of carboxylic acids is 1.